The number of hydrogen-bond acceptors (Lipinski definition) is 5. The molecule has 2 N–H and O–H groups in total. The fraction of sp³-hybridized carbons (Fsp3) is 0.357. The molecule has 1 unspecified atom stereocenters. The highest BCUT2D eigenvalue weighted by atomic mass is 32.1. The topological polar surface area (TPSA) is 88.5 Å². The zero-order chi connectivity index (χ0) is 34.7. The summed E-state index contributed by atoms with van der Waals surface area (Å²) in [5.74, 6) is 0.869. The van der Waals surface area contributed by atoms with Gasteiger partial charge in [-0.05, 0) is 88.2 Å². The van der Waals surface area contributed by atoms with Crippen molar-refractivity contribution in [1.82, 2.24) is 10.3 Å². The van der Waals surface area contributed by atoms with Crippen molar-refractivity contribution in [2.24, 2.45) is 5.92 Å². The number of nitrogens with zero attached hydrogens (tertiary/aromatic N) is 1. The van der Waals surface area contributed by atoms with E-state index in [1.54, 1.807) is 17.4 Å². The minimum absolute atomic E-state index is 0.0602. The highest BCUT2D eigenvalue weighted by molar-refractivity contribution is 7.15. The third kappa shape index (κ3) is 8.39. The molecule has 1 saturated carbocycles. The summed E-state index contributed by atoms with van der Waals surface area (Å²) in [4.78, 5) is 32.9. The molecular formula is C42H46N2O4S. The number of carbonyl (C=O) groups excluding carboxylic acids is 1. The van der Waals surface area contributed by atoms with Crippen LogP contribution in [0, 0.1) is 5.92 Å². The molecule has 2 heterocycles. The standard InChI is InChI=1S/C42H46N2O4S/c1-26(2)28-10-12-29(13-11-28)39-21-20-34(49-39)25-38(41(46)47)44-40(45)37-23-30-14-17-33(48-32-18-15-31(16-19-32)42(3,4)5)24-35(30)36(43-37)22-27-8-6-7-9-27/h10-21,23-24,26-27,38H,6-9,22,25H2,1-5H3,(H,44,45)(H,46,47). The lowest BCUT2D eigenvalue weighted by atomic mass is 9.87. The van der Waals surface area contributed by atoms with Gasteiger partial charge in [0.2, 0.25) is 0 Å². The Labute approximate surface area is 293 Å². The van der Waals surface area contributed by atoms with E-state index in [1.807, 2.05) is 42.5 Å². The minimum atomic E-state index is -1.08. The summed E-state index contributed by atoms with van der Waals surface area (Å²) in [5.41, 5.74) is 4.75. The maximum Gasteiger partial charge on any atom is 0.326 e. The zero-order valence-electron chi connectivity index (χ0n) is 29.1. The monoisotopic (exact) mass is 674 g/mol. The van der Waals surface area contributed by atoms with Crippen molar-refractivity contribution in [3.8, 4) is 21.9 Å². The number of aliphatic carboxylic acids is 1. The lowest BCUT2D eigenvalue weighted by molar-refractivity contribution is -0.139. The van der Waals surface area contributed by atoms with Crippen LogP contribution in [0.15, 0.2) is 84.9 Å². The molecule has 0 radical (unpaired) electrons. The number of rotatable bonds is 11. The van der Waals surface area contributed by atoms with E-state index in [0.29, 0.717) is 17.6 Å². The van der Waals surface area contributed by atoms with Gasteiger partial charge >= 0.3 is 5.97 Å². The highest BCUT2D eigenvalue weighted by Crippen LogP contribution is 2.34. The number of amides is 1. The number of carbonyl (C=O) groups is 2. The molecule has 0 spiro atoms. The molecule has 49 heavy (non-hydrogen) atoms. The van der Waals surface area contributed by atoms with Crippen LogP contribution in [0.5, 0.6) is 11.5 Å². The van der Waals surface area contributed by atoms with Crippen LogP contribution in [0.3, 0.4) is 0 Å². The Bertz CT molecular complexity index is 1930. The third-order valence-corrected chi connectivity index (χ3v) is 10.7. The van der Waals surface area contributed by atoms with Gasteiger partial charge in [-0.25, -0.2) is 9.78 Å². The lowest BCUT2D eigenvalue weighted by Crippen LogP contribution is -2.42. The Morgan fingerprint density at radius 2 is 1.61 bits per heavy atom. The Morgan fingerprint density at radius 3 is 2.27 bits per heavy atom. The van der Waals surface area contributed by atoms with Gasteiger partial charge in [-0.3, -0.25) is 4.79 Å². The van der Waals surface area contributed by atoms with Gasteiger partial charge in [0.25, 0.3) is 5.91 Å². The molecule has 5 aromatic rings. The van der Waals surface area contributed by atoms with Gasteiger partial charge in [0, 0.05) is 27.3 Å². The van der Waals surface area contributed by atoms with Crippen LogP contribution in [-0.2, 0) is 23.1 Å². The second-order valence-electron chi connectivity index (χ2n) is 14.7. The van der Waals surface area contributed by atoms with Gasteiger partial charge in [-0.2, -0.15) is 0 Å². The number of aromatic nitrogens is 1. The van der Waals surface area contributed by atoms with E-state index in [-0.39, 0.29) is 17.5 Å². The number of thiophene rings is 1. The summed E-state index contributed by atoms with van der Waals surface area (Å²) in [6.07, 6.45) is 5.64. The van der Waals surface area contributed by atoms with Gasteiger partial charge in [-0.15, -0.1) is 11.3 Å². The van der Waals surface area contributed by atoms with Gasteiger partial charge in [0.05, 0.1) is 0 Å². The van der Waals surface area contributed by atoms with Crippen LogP contribution < -0.4 is 10.1 Å². The number of fused-ring (bicyclic) bond motifs is 1. The van der Waals surface area contributed by atoms with Gasteiger partial charge < -0.3 is 15.2 Å². The lowest BCUT2D eigenvalue weighted by Gasteiger charge is -2.19. The quantitative estimate of drug-likeness (QED) is 0.146. The Morgan fingerprint density at radius 1 is 0.918 bits per heavy atom. The van der Waals surface area contributed by atoms with Crippen LogP contribution in [0.1, 0.15) is 98.4 Å². The predicted octanol–water partition coefficient (Wildman–Crippen LogP) is 10.3. The number of pyridine rings is 1. The van der Waals surface area contributed by atoms with Crippen molar-refractivity contribution in [3.05, 3.63) is 112 Å². The molecule has 2 aromatic heterocycles. The Kier molecular flexibility index (Phi) is 10.2. The first-order valence-corrected chi connectivity index (χ1v) is 18.2. The van der Waals surface area contributed by atoms with Crippen molar-refractivity contribution in [1.29, 1.82) is 0 Å². The molecule has 0 aliphatic heterocycles. The van der Waals surface area contributed by atoms with Crippen molar-refractivity contribution in [2.45, 2.75) is 90.5 Å². The van der Waals surface area contributed by atoms with E-state index in [2.05, 4.69) is 76.3 Å². The zero-order valence-corrected chi connectivity index (χ0v) is 29.9. The third-order valence-electron chi connectivity index (χ3n) is 9.56. The number of ether oxygens (including phenoxy) is 1. The van der Waals surface area contributed by atoms with E-state index < -0.39 is 17.9 Å². The van der Waals surface area contributed by atoms with Crippen LogP contribution in [0.25, 0.3) is 21.2 Å². The van der Waals surface area contributed by atoms with Crippen molar-refractivity contribution in [3.63, 3.8) is 0 Å². The molecule has 254 valence electrons. The second kappa shape index (κ2) is 14.6. The first-order chi connectivity index (χ1) is 23.4. The fourth-order valence-corrected chi connectivity index (χ4v) is 7.65. The number of carboxylic acids is 1. The van der Waals surface area contributed by atoms with Gasteiger partial charge in [0.1, 0.15) is 23.2 Å². The molecule has 6 rings (SSSR count). The number of benzene rings is 3. The molecule has 0 bridgehead atoms. The highest BCUT2D eigenvalue weighted by Gasteiger charge is 2.25. The fourth-order valence-electron chi connectivity index (χ4n) is 6.59. The van der Waals surface area contributed by atoms with Crippen LogP contribution in [-0.4, -0.2) is 28.0 Å². The number of hydrogen-bond donors (Lipinski definition) is 2. The van der Waals surface area contributed by atoms with Gasteiger partial charge in [-0.1, -0.05) is 103 Å². The second-order valence-corrected chi connectivity index (χ2v) is 15.8. The normalized spacial score (nSPS) is 14.3. The van der Waals surface area contributed by atoms with Crippen LogP contribution in [0.2, 0.25) is 0 Å². The van der Waals surface area contributed by atoms with E-state index in [0.717, 1.165) is 56.8 Å². The minimum Gasteiger partial charge on any atom is -0.480 e. The summed E-state index contributed by atoms with van der Waals surface area (Å²) >= 11 is 1.55. The molecule has 1 aliphatic carbocycles. The molecule has 1 amide bonds. The smallest absolute Gasteiger partial charge is 0.326 e. The van der Waals surface area contributed by atoms with Crippen LogP contribution in [0.4, 0.5) is 0 Å². The number of carboxylic acid groups (broad SMARTS) is 1. The maximum absolute atomic E-state index is 13.6. The molecule has 7 heteroatoms. The summed E-state index contributed by atoms with van der Waals surface area (Å²) < 4.78 is 6.27. The van der Waals surface area contributed by atoms with Crippen molar-refractivity contribution < 1.29 is 19.4 Å². The summed E-state index contributed by atoms with van der Waals surface area (Å²) in [5, 5.41) is 14.7. The van der Waals surface area contributed by atoms with Crippen LogP contribution >= 0.6 is 11.3 Å². The van der Waals surface area contributed by atoms with Crippen molar-refractivity contribution >= 4 is 34.0 Å². The van der Waals surface area contributed by atoms with E-state index in [9.17, 15) is 14.7 Å². The molecule has 0 saturated heterocycles. The molecule has 1 fully saturated rings. The number of nitrogens with one attached hydrogen (secondary N) is 1. The summed E-state index contributed by atoms with van der Waals surface area (Å²) in [6, 6.07) is 27.2. The van der Waals surface area contributed by atoms with Crippen molar-refractivity contribution in [2.75, 3.05) is 0 Å². The molecule has 1 aliphatic rings. The predicted molar refractivity (Wildman–Crippen MR) is 199 cm³/mol. The first kappa shape index (κ1) is 34.4. The Balaban J connectivity index is 1.22. The molecular weight excluding hydrogens is 629 g/mol. The largest absolute Gasteiger partial charge is 0.480 e. The molecule has 3 aromatic carbocycles. The molecule has 1 atom stereocenters. The first-order valence-electron chi connectivity index (χ1n) is 17.4. The Hall–Kier alpha value is -4.49. The maximum atomic E-state index is 13.6. The SMILES string of the molecule is CC(C)c1ccc(-c2ccc(CC(NC(=O)c3cc4ccc(Oc5ccc(C(C)(C)C)cc5)cc4c(CC4CCCC4)n3)C(=O)O)s2)cc1. The van der Waals surface area contributed by atoms with E-state index in [1.165, 1.54) is 24.0 Å². The van der Waals surface area contributed by atoms with Gasteiger partial charge in [0.15, 0.2) is 0 Å². The van der Waals surface area contributed by atoms with E-state index in [4.69, 9.17) is 9.72 Å². The summed E-state index contributed by atoms with van der Waals surface area (Å²) in [7, 11) is 0. The molecule has 6 nitrogen and oxygen atoms in total. The summed E-state index contributed by atoms with van der Waals surface area (Å²) in [6.45, 7) is 10.9. The van der Waals surface area contributed by atoms with E-state index >= 15 is 0 Å². The average molecular weight is 675 g/mol. The average Bonchev–Trinajstić information content (AvgIpc) is 3.77.